The van der Waals surface area contributed by atoms with Crippen molar-refractivity contribution in [3.8, 4) is 0 Å². The molecular weight excluding hydrogens is 490 g/mol. The number of carbonyl (C=O) groups excluding carboxylic acids is 2. The van der Waals surface area contributed by atoms with E-state index in [1.165, 1.54) is 13.2 Å². The molecule has 1 fully saturated rings. The second-order valence-electron chi connectivity index (χ2n) is 10.1. The molecule has 0 amide bonds. The van der Waals surface area contributed by atoms with E-state index >= 15 is 0 Å². The fourth-order valence-corrected chi connectivity index (χ4v) is 4.64. The first-order valence-electron chi connectivity index (χ1n) is 13.3. The molecule has 0 radical (unpaired) electrons. The van der Waals surface area contributed by atoms with Crippen LogP contribution in [0.15, 0.2) is 49.1 Å². The van der Waals surface area contributed by atoms with Gasteiger partial charge in [-0.25, -0.2) is 4.79 Å². The van der Waals surface area contributed by atoms with Crippen LogP contribution in [0.4, 0.5) is 0 Å². The van der Waals surface area contributed by atoms with Crippen molar-refractivity contribution in [2.24, 2.45) is 5.92 Å². The highest BCUT2D eigenvalue weighted by molar-refractivity contribution is 5.91. The Hall–Kier alpha value is -2.14. The van der Waals surface area contributed by atoms with E-state index in [2.05, 4.69) is 6.58 Å². The number of allylic oxidation sites excluding steroid dienone is 3. The number of esters is 1. The van der Waals surface area contributed by atoms with Crippen molar-refractivity contribution in [1.82, 2.24) is 4.90 Å². The minimum absolute atomic E-state index is 0.00179. The molecule has 5 unspecified atom stereocenters. The summed E-state index contributed by atoms with van der Waals surface area (Å²) in [6, 6.07) is -0.401. The van der Waals surface area contributed by atoms with E-state index in [0.29, 0.717) is 25.9 Å². The minimum Gasteiger partial charge on any atom is -0.459 e. The predicted octanol–water partition coefficient (Wildman–Crippen LogP) is 2.98. The first-order valence-corrected chi connectivity index (χ1v) is 13.3. The molecule has 1 N–H and O–H groups in total. The summed E-state index contributed by atoms with van der Waals surface area (Å²) >= 11 is 0. The summed E-state index contributed by atoms with van der Waals surface area (Å²) in [4.78, 5) is 26.9. The summed E-state index contributed by atoms with van der Waals surface area (Å²) in [5, 5.41) is 11.3. The second-order valence-corrected chi connectivity index (χ2v) is 10.1. The van der Waals surface area contributed by atoms with E-state index < -0.39 is 42.7 Å². The number of methoxy groups -OCH3 is 1. The normalized spacial score (nSPS) is 38.4. The minimum atomic E-state index is -1.03. The molecule has 2 aliphatic rings. The van der Waals surface area contributed by atoms with Gasteiger partial charge in [0, 0.05) is 25.5 Å². The van der Waals surface area contributed by atoms with Gasteiger partial charge in [-0.1, -0.05) is 31.2 Å². The van der Waals surface area contributed by atoms with Crippen molar-refractivity contribution >= 4 is 11.8 Å². The maximum absolute atomic E-state index is 12.6. The number of carbonyl (C=O) groups is 2. The molecule has 0 aromatic rings. The van der Waals surface area contributed by atoms with Crippen LogP contribution in [-0.2, 0) is 33.3 Å². The second kappa shape index (κ2) is 16.1. The maximum Gasteiger partial charge on any atom is 0.330 e. The molecule has 9 heteroatoms. The monoisotopic (exact) mass is 535 g/mol. The Bertz CT molecular complexity index is 854. The van der Waals surface area contributed by atoms with Crippen molar-refractivity contribution in [3.63, 3.8) is 0 Å². The number of cyclic esters (lactones) is 1. The summed E-state index contributed by atoms with van der Waals surface area (Å²) < 4.78 is 29.5. The number of ketones is 1. The number of likely N-dealkylation sites (N-methyl/N-ethyl adjacent to an activating group) is 1. The largest absolute Gasteiger partial charge is 0.459 e. The summed E-state index contributed by atoms with van der Waals surface area (Å²) in [7, 11) is 5.24. The van der Waals surface area contributed by atoms with Crippen LogP contribution in [0.2, 0.25) is 0 Å². The molecule has 0 saturated carbocycles. The van der Waals surface area contributed by atoms with Gasteiger partial charge >= 0.3 is 5.97 Å². The van der Waals surface area contributed by atoms with Crippen LogP contribution in [0.5, 0.6) is 0 Å². The fourth-order valence-electron chi connectivity index (χ4n) is 4.64. The third-order valence-electron chi connectivity index (χ3n) is 6.81. The SMILES string of the molecule is C=CCOC1C(C)OC(O[C@H]2CC[C@@H](C)C(=O)/C=C/C=C/C[C@@H](C)OC(=O)/C=C/[C@@H]2OC)C(O)C1N(C)C. The van der Waals surface area contributed by atoms with Crippen molar-refractivity contribution in [3.05, 3.63) is 49.1 Å². The molecule has 38 heavy (non-hydrogen) atoms. The Kier molecular flexibility index (Phi) is 13.6. The van der Waals surface area contributed by atoms with Crippen molar-refractivity contribution in [1.29, 1.82) is 0 Å². The Morgan fingerprint density at radius 3 is 2.55 bits per heavy atom. The van der Waals surface area contributed by atoms with Crippen LogP contribution in [0.25, 0.3) is 0 Å². The molecule has 9 atom stereocenters. The summed E-state index contributed by atoms with van der Waals surface area (Å²) in [5.74, 6) is -0.747. The van der Waals surface area contributed by atoms with Crippen LogP contribution < -0.4 is 0 Å². The average Bonchev–Trinajstić information content (AvgIpc) is 2.86. The van der Waals surface area contributed by atoms with Crippen LogP contribution in [0.1, 0.15) is 40.0 Å². The molecule has 2 rings (SSSR count). The van der Waals surface area contributed by atoms with E-state index in [4.69, 9.17) is 23.7 Å². The van der Waals surface area contributed by atoms with E-state index in [1.54, 1.807) is 37.3 Å². The van der Waals surface area contributed by atoms with Gasteiger partial charge in [0.2, 0.25) is 0 Å². The van der Waals surface area contributed by atoms with Gasteiger partial charge < -0.3 is 33.7 Å². The van der Waals surface area contributed by atoms with Gasteiger partial charge in [-0.2, -0.15) is 0 Å². The van der Waals surface area contributed by atoms with E-state index in [9.17, 15) is 14.7 Å². The van der Waals surface area contributed by atoms with Gasteiger partial charge in [0.1, 0.15) is 24.4 Å². The van der Waals surface area contributed by atoms with Gasteiger partial charge in [-0.3, -0.25) is 4.79 Å². The molecule has 0 aromatic heterocycles. The predicted molar refractivity (Wildman–Crippen MR) is 144 cm³/mol. The first-order chi connectivity index (χ1) is 18.1. The molecule has 0 bridgehead atoms. The highest BCUT2D eigenvalue weighted by Gasteiger charge is 2.47. The smallest absolute Gasteiger partial charge is 0.330 e. The number of hydrogen-bond acceptors (Lipinski definition) is 9. The topological polar surface area (TPSA) is 104 Å². The van der Waals surface area contributed by atoms with Crippen LogP contribution in [0.3, 0.4) is 0 Å². The zero-order chi connectivity index (χ0) is 28.2. The molecule has 0 aromatic carbocycles. The van der Waals surface area contributed by atoms with Gasteiger partial charge in [0.15, 0.2) is 12.1 Å². The quantitative estimate of drug-likeness (QED) is 0.389. The number of nitrogens with zero attached hydrogens (tertiary/aromatic N) is 1. The number of rotatable bonds is 7. The lowest BCUT2D eigenvalue weighted by Crippen LogP contribution is -2.63. The number of aliphatic hydroxyl groups excluding tert-OH is 1. The molecule has 2 heterocycles. The van der Waals surface area contributed by atoms with Gasteiger partial charge in [0.25, 0.3) is 0 Å². The Morgan fingerprint density at radius 2 is 1.89 bits per heavy atom. The van der Waals surface area contributed by atoms with Crippen molar-refractivity contribution in [2.75, 3.05) is 27.8 Å². The van der Waals surface area contributed by atoms with Crippen molar-refractivity contribution in [2.45, 2.75) is 89.0 Å². The third kappa shape index (κ3) is 9.55. The third-order valence-corrected chi connectivity index (χ3v) is 6.81. The molecule has 2 aliphatic heterocycles. The molecule has 9 nitrogen and oxygen atoms in total. The Balaban J connectivity index is 2.31. The molecular formula is C29H45NO8. The summed E-state index contributed by atoms with van der Waals surface area (Å²) in [6.45, 7) is 9.56. The molecule has 214 valence electrons. The van der Waals surface area contributed by atoms with E-state index in [0.717, 1.165) is 0 Å². The highest BCUT2D eigenvalue weighted by Crippen LogP contribution is 2.29. The van der Waals surface area contributed by atoms with E-state index in [1.807, 2.05) is 38.9 Å². The first kappa shape index (κ1) is 32.1. The van der Waals surface area contributed by atoms with Gasteiger partial charge in [0.05, 0.1) is 24.9 Å². The average molecular weight is 536 g/mol. The Morgan fingerprint density at radius 1 is 1.16 bits per heavy atom. The van der Waals surface area contributed by atoms with Gasteiger partial charge in [-0.05, 0) is 52.9 Å². The molecule has 0 spiro atoms. The molecule has 0 aliphatic carbocycles. The lowest BCUT2D eigenvalue weighted by atomic mass is 9.94. The summed E-state index contributed by atoms with van der Waals surface area (Å²) in [5.41, 5.74) is 0. The standard InChI is InChI=1S/C29H45NO8/c1-8-18-35-28-21(4)37-29(27(33)26(28)30(5)6)38-24-15-14-19(2)22(31)13-11-9-10-12-20(3)36-25(32)17-16-23(24)34-7/h8-11,13,16-17,19-21,23-24,26-29,33H,1,12,14-15,18H2,2-7H3/b10-9+,13-11+,17-16+/t19-,20-,21?,23+,24+,26?,27?,28?,29?/m1/s1. The Labute approximate surface area is 227 Å². The summed E-state index contributed by atoms with van der Waals surface area (Å²) in [6.07, 6.45) is 8.51. The van der Waals surface area contributed by atoms with Crippen LogP contribution in [0, 0.1) is 5.92 Å². The fraction of sp³-hybridized carbons (Fsp3) is 0.655. The van der Waals surface area contributed by atoms with E-state index in [-0.39, 0.29) is 23.9 Å². The number of hydrogen-bond donors (Lipinski definition) is 1. The zero-order valence-electron chi connectivity index (χ0n) is 23.5. The van der Waals surface area contributed by atoms with Crippen LogP contribution in [-0.4, -0.2) is 98.5 Å². The number of aliphatic hydroxyl groups is 1. The zero-order valence-corrected chi connectivity index (χ0v) is 23.5. The van der Waals surface area contributed by atoms with Crippen LogP contribution >= 0.6 is 0 Å². The molecule has 1 saturated heterocycles. The van der Waals surface area contributed by atoms with Gasteiger partial charge in [-0.15, -0.1) is 6.58 Å². The van der Waals surface area contributed by atoms with Crippen molar-refractivity contribution < 1.29 is 38.4 Å². The lowest BCUT2D eigenvalue weighted by Gasteiger charge is -2.47. The highest BCUT2D eigenvalue weighted by atomic mass is 16.7. The number of ether oxygens (including phenoxy) is 5. The lowest BCUT2D eigenvalue weighted by molar-refractivity contribution is -0.303. The maximum atomic E-state index is 12.6.